The zero-order valence-corrected chi connectivity index (χ0v) is 9.99. The van der Waals surface area contributed by atoms with E-state index in [1.807, 2.05) is 24.4 Å². The number of halogens is 2. The Kier molecular flexibility index (Phi) is 2.91. The molecule has 0 spiro atoms. The zero-order valence-electron chi connectivity index (χ0n) is 9.99. The van der Waals surface area contributed by atoms with E-state index in [0.717, 1.165) is 29.1 Å². The van der Waals surface area contributed by atoms with Crippen molar-refractivity contribution < 1.29 is 13.5 Å². The van der Waals surface area contributed by atoms with Crippen LogP contribution in [0, 0.1) is 11.6 Å². The second kappa shape index (κ2) is 4.72. The van der Waals surface area contributed by atoms with Crippen LogP contribution >= 0.6 is 0 Å². The highest BCUT2D eigenvalue weighted by molar-refractivity contribution is 5.80. The predicted molar refractivity (Wildman–Crippen MR) is 69.0 cm³/mol. The van der Waals surface area contributed by atoms with Crippen LogP contribution in [0.4, 0.5) is 8.78 Å². The molecular weight excluding hydrogens is 248 g/mol. The minimum Gasteiger partial charge on any atom is -0.489 e. The summed E-state index contributed by atoms with van der Waals surface area (Å²) < 4.78 is 31.9. The third-order valence-electron chi connectivity index (χ3n) is 2.93. The van der Waals surface area contributed by atoms with Crippen molar-refractivity contribution in [1.82, 2.24) is 4.98 Å². The Balaban J connectivity index is 1.79. The van der Waals surface area contributed by atoms with E-state index >= 15 is 0 Å². The Bertz CT molecular complexity index is 721. The molecule has 0 unspecified atom stereocenters. The molecule has 2 nitrogen and oxygen atoms in total. The van der Waals surface area contributed by atoms with Gasteiger partial charge >= 0.3 is 0 Å². The van der Waals surface area contributed by atoms with Gasteiger partial charge in [0.1, 0.15) is 24.0 Å². The lowest BCUT2D eigenvalue weighted by molar-refractivity contribution is 0.299. The lowest BCUT2D eigenvalue weighted by Gasteiger charge is -2.07. The first-order valence-corrected chi connectivity index (χ1v) is 5.86. The van der Waals surface area contributed by atoms with Crippen LogP contribution in [0.25, 0.3) is 10.9 Å². The van der Waals surface area contributed by atoms with Gasteiger partial charge < -0.3 is 9.72 Å². The first kappa shape index (κ1) is 11.7. The maximum Gasteiger partial charge on any atom is 0.130 e. The Labute approximate surface area is 108 Å². The lowest BCUT2D eigenvalue weighted by atomic mass is 10.2. The molecule has 3 rings (SSSR count). The quantitative estimate of drug-likeness (QED) is 0.754. The Morgan fingerprint density at radius 3 is 2.79 bits per heavy atom. The number of rotatable bonds is 3. The minimum absolute atomic E-state index is 0.000473. The Morgan fingerprint density at radius 2 is 1.89 bits per heavy atom. The van der Waals surface area contributed by atoms with Gasteiger partial charge in [0.2, 0.25) is 0 Å². The first-order chi connectivity index (χ1) is 9.22. The molecule has 1 N–H and O–H groups in total. The van der Waals surface area contributed by atoms with E-state index in [4.69, 9.17) is 4.74 Å². The molecule has 4 heteroatoms. The number of aromatic amines is 1. The largest absolute Gasteiger partial charge is 0.489 e. The summed E-state index contributed by atoms with van der Waals surface area (Å²) in [6.07, 6.45) is 1.83. The van der Waals surface area contributed by atoms with Crippen molar-refractivity contribution in [2.24, 2.45) is 0 Å². The predicted octanol–water partition coefficient (Wildman–Crippen LogP) is 4.03. The summed E-state index contributed by atoms with van der Waals surface area (Å²) in [5, 5.41) is 1.01. The van der Waals surface area contributed by atoms with Crippen molar-refractivity contribution >= 4 is 10.9 Å². The van der Waals surface area contributed by atoms with E-state index in [-0.39, 0.29) is 12.2 Å². The molecule has 2 aromatic carbocycles. The number of fused-ring (bicyclic) bond motifs is 1. The molecule has 96 valence electrons. The molecule has 0 atom stereocenters. The monoisotopic (exact) mass is 259 g/mol. The lowest BCUT2D eigenvalue weighted by Crippen LogP contribution is -1.99. The SMILES string of the molecule is Fc1ccc(F)c(COc2ccc3[nH]ccc3c2)c1. The fourth-order valence-corrected chi connectivity index (χ4v) is 1.94. The summed E-state index contributed by atoms with van der Waals surface area (Å²) in [7, 11) is 0. The molecule has 0 saturated carbocycles. The Hall–Kier alpha value is -2.36. The van der Waals surface area contributed by atoms with Crippen LogP contribution in [-0.2, 0) is 6.61 Å². The van der Waals surface area contributed by atoms with Gasteiger partial charge in [-0.15, -0.1) is 0 Å². The maximum absolute atomic E-state index is 13.4. The molecule has 19 heavy (non-hydrogen) atoms. The molecule has 0 amide bonds. The molecule has 0 aliphatic heterocycles. The van der Waals surface area contributed by atoms with Gasteiger partial charge in [0.25, 0.3) is 0 Å². The van der Waals surface area contributed by atoms with Gasteiger partial charge in [-0.1, -0.05) is 0 Å². The van der Waals surface area contributed by atoms with Crippen molar-refractivity contribution in [2.45, 2.75) is 6.61 Å². The second-order valence-electron chi connectivity index (χ2n) is 4.25. The van der Waals surface area contributed by atoms with Gasteiger partial charge in [0, 0.05) is 22.7 Å². The van der Waals surface area contributed by atoms with Crippen LogP contribution in [0.3, 0.4) is 0 Å². The Morgan fingerprint density at radius 1 is 1.00 bits per heavy atom. The third-order valence-corrected chi connectivity index (χ3v) is 2.93. The van der Waals surface area contributed by atoms with Gasteiger partial charge in [-0.05, 0) is 42.5 Å². The summed E-state index contributed by atoms with van der Waals surface area (Å²) >= 11 is 0. The van der Waals surface area contributed by atoms with Crippen molar-refractivity contribution in [3.63, 3.8) is 0 Å². The van der Waals surface area contributed by atoms with Crippen LogP contribution in [0.1, 0.15) is 5.56 Å². The van der Waals surface area contributed by atoms with Crippen LogP contribution in [0.2, 0.25) is 0 Å². The van der Waals surface area contributed by atoms with Crippen LogP contribution in [-0.4, -0.2) is 4.98 Å². The molecule has 1 heterocycles. The highest BCUT2D eigenvalue weighted by atomic mass is 19.1. The van der Waals surface area contributed by atoms with Crippen molar-refractivity contribution in [3.05, 3.63) is 65.9 Å². The van der Waals surface area contributed by atoms with E-state index in [0.29, 0.717) is 5.75 Å². The van der Waals surface area contributed by atoms with E-state index in [2.05, 4.69) is 4.98 Å². The average molecular weight is 259 g/mol. The molecule has 0 saturated heterocycles. The van der Waals surface area contributed by atoms with Gasteiger partial charge in [-0.2, -0.15) is 0 Å². The summed E-state index contributed by atoms with van der Waals surface area (Å²) in [5.41, 5.74) is 1.21. The molecule has 0 aliphatic rings. The third kappa shape index (κ3) is 2.42. The summed E-state index contributed by atoms with van der Waals surface area (Å²) in [6.45, 7) is -0.000473. The molecule has 0 radical (unpaired) electrons. The summed E-state index contributed by atoms with van der Waals surface area (Å²) in [6, 6.07) is 10.8. The van der Waals surface area contributed by atoms with E-state index < -0.39 is 11.6 Å². The fourth-order valence-electron chi connectivity index (χ4n) is 1.94. The smallest absolute Gasteiger partial charge is 0.130 e. The van der Waals surface area contributed by atoms with Crippen molar-refractivity contribution in [1.29, 1.82) is 0 Å². The van der Waals surface area contributed by atoms with E-state index in [1.54, 1.807) is 6.07 Å². The van der Waals surface area contributed by atoms with Gasteiger partial charge in [-0.3, -0.25) is 0 Å². The molecule has 0 aliphatic carbocycles. The van der Waals surface area contributed by atoms with Crippen molar-refractivity contribution in [3.8, 4) is 5.75 Å². The first-order valence-electron chi connectivity index (χ1n) is 5.86. The molecule has 0 bridgehead atoms. The fraction of sp³-hybridized carbons (Fsp3) is 0.0667. The number of nitrogens with one attached hydrogen (secondary N) is 1. The number of ether oxygens (including phenoxy) is 1. The van der Waals surface area contributed by atoms with Crippen LogP contribution < -0.4 is 4.74 Å². The van der Waals surface area contributed by atoms with Crippen molar-refractivity contribution in [2.75, 3.05) is 0 Å². The van der Waals surface area contributed by atoms with E-state index in [1.165, 1.54) is 0 Å². The number of hydrogen-bond donors (Lipinski definition) is 1. The standard InChI is InChI=1S/C15H11F2NO/c16-12-1-3-14(17)11(7-12)9-19-13-2-4-15-10(8-13)5-6-18-15/h1-8,18H,9H2. The highest BCUT2D eigenvalue weighted by Gasteiger charge is 2.05. The highest BCUT2D eigenvalue weighted by Crippen LogP contribution is 2.21. The molecule has 1 aromatic heterocycles. The molecular formula is C15H11F2NO. The number of hydrogen-bond acceptors (Lipinski definition) is 1. The number of benzene rings is 2. The normalized spacial score (nSPS) is 10.8. The van der Waals surface area contributed by atoms with Gasteiger partial charge in [0.05, 0.1) is 0 Å². The molecule has 3 aromatic rings. The van der Waals surface area contributed by atoms with Crippen LogP contribution in [0.5, 0.6) is 5.75 Å². The van der Waals surface area contributed by atoms with Gasteiger partial charge in [0.15, 0.2) is 0 Å². The minimum atomic E-state index is -0.471. The topological polar surface area (TPSA) is 25.0 Å². The number of H-pyrrole nitrogens is 1. The van der Waals surface area contributed by atoms with Gasteiger partial charge in [-0.25, -0.2) is 8.78 Å². The molecule has 0 fully saturated rings. The number of aromatic nitrogens is 1. The summed E-state index contributed by atoms with van der Waals surface area (Å²) in [4.78, 5) is 3.07. The van der Waals surface area contributed by atoms with Crippen LogP contribution in [0.15, 0.2) is 48.7 Å². The summed E-state index contributed by atoms with van der Waals surface area (Å²) in [5.74, 6) is -0.319. The zero-order chi connectivity index (χ0) is 13.2. The van der Waals surface area contributed by atoms with E-state index in [9.17, 15) is 8.78 Å². The average Bonchev–Trinajstić information content (AvgIpc) is 2.87. The maximum atomic E-state index is 13.4. The second-order valence-corrected chi connectivity index (χ2v) is 4.25.